The number of hydrogen-bond acceptors (Lipinski definition) is 7. The monoisotopic (exact) mass is 452 g/mol. The van der Waals surface area contributed by atoms with Gasteiger partial charge in [0.25, 0.3) is 11.6 Å². The third-order valence-corrected chi connectivity index (χ3v) is 5.07. The minimum Gasteiger partial charge on any atom is -0.497 e. The van der Waals surface area contributed by atoms with Crippen molar-refractivity contribution in [2.75, 3.05) is 21.3 Å². The molecule has 3 rings (SSSR count). The van der Waals surface area contributed by atoms with E-state index >= 15 is 0 Å². The zero-order valence-corrected chi connectivity index (χ0v) is 18.9. The average Bonchev–Trinajstić information content (AvgIpc) is 3.10. The fourth-order valence-electron chi connectivity index (χ4n) is 3.42. The number of carbonyl (C=O) groups is 1. The molecular weight excluding hydrogens is 428 g/mol. The number of carbonyl (C=O) groups excluding carboxylic acids is 1. The Morgan fingerprint density at radius 2 is 1.70 bits per heavy atom. The zero-order valence-electron chi connectivity index (χ0n) is 18.9. The zero-order chi connectivity index (χ0) is 24.1. The molecule has 10 nitrogen and oxygen atoms in total. The van der Waals surface area contributed by atoms with Crippen molar-refractivity contribution >= 4 is 17.8 Å². The smallest absolute Gasteiger partial charge is 0.273 e. The van der Waals surface area contributed by atoms with Crippen LogP contribution in [0.4, 0.5) is 5.69 Å². The second-order valence-electron chi connectivity index (χ2n) is 7.08. The Morgan fingerprint density at radius 3 is 2.27 bits per heavy atom. The summed E-state index contributed by atoms with van der Waals surface area (Å²) in [6.45, 7) is 3.77. The maximum Gasteiger partial charge on any atom is 0.273 e. The van der Waals surface area contributed by atoms with Crippen LogP contribution in [0.3, 0.4) is 0 Å². The van der Waals surface area contributed by atoms with Gasteiger partial charge < -0.3 is 18.8 Å². The summed E-state index contributed by atoms with van der Waals surface area (Å²) in [6.07, 6.45) is 1.53. The summed E-state index contributed by atoms with van der Waals surface area (Å²) in [6, 6.07) is 11.2. The van der Waals surface area contributed by atoms with Gasteiger partial charge in [-0.3, -0.25) is 14.9 Å². The largest absolute Gasteiger partial charge is 0.497 e. The molecule has 0 radical (unpaired) electrons. The highest BCUT2D eigenvalue weighted by Crippen LogP contribution is 2.31. The first kappa shape index (κ1) is 23.3. The number of rotatable bonds is 8. The van der Waals surface area contributed by atoms with Crippen molar-refractivity contribution in [1.29, 1.82) is 0 Å². The van der Waals surface area contributed by atoms with Gasteiger partial charge in [-0.25, -0.2) is 5.43 Å². The number of aromatic nitrogens is 1. The normalized spacial score (nSPS) is 10.8. The first-order chi connectivity index (χ1) is 15.8. The van der Waals surface area contributed by atoms with E-state index in [2.05, 4.69) is 10.5 Å². The van der Waals surface area contributed by atoms with Crippen LogP contribution in [0, 0.1) is 24.0 Å². The number of nitro groups is 1. The van der Waals surface area contributed by atoms with Crippen LogP contribution in [0.2, 0.25) is 0 Å². The van der Waals surface area contributed by atoms with Gasteiger partial charge in [0.05, 0.1) is 44.2 Å². The van der Waals surface area contributed by atoms with Gasteiger partial charge in [0.1, 0.15) is 17.2 Å². The highest BCUT2D eigenvalue weighted by molar-refractivity contribution is 5.95. The molecule has 0 saturated carbocycles. The lowest BCUT2D eigenvalue weighted by molar-refractivity contribution is -0.384. The van der Waals surface area contributed by atoms with E-state index in [1.165, 1.54) is 39.7 Å². The van der Waals surface area contributed by atoms with E-state index in [0.29, 0.717) is 28.5 Å². The predicted molar refractivity (Wildman–Crippen MR) is 123 cm³/mol. The van der Waals surface area contributed by atoms with Crippen LogP contribution in [0.25, 0.3) is 5.69 Å². The summed E-state index contributed by atoms with van der Waals surface area (Å²) in [7, 11) is 4.47. The lowest BCUT2D eigenvalue weighted by Crippen LogP contribution is -2.17. The molecule has 0 atom stereocenters. The highest BCUT2D eigenvalue weighted by atomic mass is 16.6. The fraction of sp³-hybridized carbons (Fsp3) is 0.217. The van der Waals surface area contributed by atoms with E-state index in [1.807, 2.05) is 24.5 Å². The summed E-state index contributed by atoms with van der Waals surface area (Å²) in [5, 5.41) is 15.2. The summed E-state index contributed by atoms with van der Waals surface area (Å²) in [4.78, 5) is 23.1. The number of nitrogens with zero attached hydrogens (tertiary/aromatic N) is 3. The van der Waals surface area contributed by atoms with Crippen LogP contribution in [0.1, 0.15) is 27.3 Å². The molecule has 0 fully saturated rings. The van der Waals surface area contributed by atoms with Crippen LogP contribution >= 0.6 is 0 Å². The average molecular weight is 452 g/mol. The second kappa shape index (κ2) is 9.86. The van der Waals surface area contributed by atoms with Crippen molar-refractivity contribution in [2.24, 2.45) is 5.10 Å². The van der Waals surface area contributed by atoms with Crippen molar-refractivity contribution in [2.45, 2.75) is 13.8 Å². The lowest BCUT2D eigenvalue weighted by atomic mass is 10.2. The molecule has 1 amide bonds. The third kappa shape index (κ3) is 4.95. The minimum absolute atomic E-state index is 0.0586. The number of methoxy groups -OCH3 is 3. The molecule has 3 aromatic rings. The summed E-state index contributed by atoms with van der Waals surface area (Å²) in [5.74, 6) is 0.928. The number of non-ortho nitro benzene ring substituents is 1. The number of amides is 1. The topological polar surface area (TPSA) is 117 Å². The Labute approximate surface area is 190 Å². The Hall–Kier alpha value is -4.34. The predicted octanol–water partition coefficient (Wildman–Crippen LogP) is 3.79. The number of hydrazone groups is 1. The first-order valence-corrected chi connectivity index (χ1v) is 9.87. The van der Waals surface area contributed by atoms with E-state index in [0.717, 1.165) is 17.0 Å². The molecule has 0 unspecified atom stereocenters. The van der Waals surface area contributed by atoms with Gasteiger partial charge in [-0.2, -0.15) is 5.10 Å². The molecule has 0 aliphatic heterocycles. The number of hydrogen-bond donors (Lipinski definition) is 1. The molecule has 0 bridgehead atoms. The molecule has 1 N–H and O–H groups in total. The molecule has 0 saturated heterocycles. The van der Waals surface area contributed by atoms with E-state index in [-0.39, 0.29) is 5.69 Å². The Bertz CT molecular complexity index is 1210. The molecule has 172 valence electrons. The van der Waals surface area contributed by atoms with Gasteiger partial charge in [0.15, 0.2) is 0 Å². The lowest BCUT2D eigenvalue weighted by Gasteiger charge is -2.13. The highest BCUT2D eigenvalue weighted by Gasteiger charge is 2.17. The number of aryl methyl sites for hydroxylation is 1. The molecule has 0 aliphatic carbocycles. The van der Waals surface area contributed by atoms with Crippen molar-refractivity contribution in [3.63, 3.8) is 0 Å². The van der Waals surface area contributed by atoms with Crippen LogP contribution in [-0.2, 0) is 0 Å². The first-order valence-electron chi connectivity index (χ1n) is 9.87. The Kier molecular flexibility index (Phi) is 6.97. The maximum absolute atomic E-state index is 12.5. The Morgan fingerprint density at radius 1 is 1.03 bits per heavy atom. The number of nitro benzene ring substituents is 1. The quantitative estimate of drug-likeness (QED) is 0.316. The van der Waals surface area contributed by atoms with Crippen molar-refractivity contribution in [1.82, 2.24) is 9.99 Å². The van der Waals surface area contributed by atoms with Crippen molar-refractivity contribution < 1.29 is 23.9 Å². The maximum atomic E-state index is 12.5. The van der Waals surface area contributed by atoms with Gasteiger partial charge in [-0.1, -0.05) is 0 Å². The van der Waals surface area contributed by atoms with E-state index in [9.17, 15) is 14.9 Å². The Balaban J connectivity index is 1.85. The number of ether oxygens (including phenoxy) is 3. The molecule has 1 aromatic heterocycles. The fourth-order valence-corrected chi connectivity index (χ4v) is 3.42. The second-order valence-corrected chi connectivity index (χ2v) is 7.08. The van der Waals surface area contributed by atoms with Gasteiger partial charge >= 0.3 is 0 Å². The molecule has 0 spiro atoms. The molecular formula is C23H24N4O6. The molecule has 33 heavy (non-hydrogen) atoms. The van der Waals surface area contributed by atoms with E-state index in [1.54, 1.807) is 24.3 Å². The van der Waals surface area contributed by atoms with Gasteiger partial charge in [0, 0.05) is 34.6 Å². The van der Waals surface area contributed by atoms with Crippen LogP contribution in [-0.4, -0.2) is 42.9 Å². The molecule has 2 aromatic carbocycles. The van der Waals surface area contributed by atoms with Crippen LogP contribution < -0.4 is 19.6 Å². The summed E-state index contributed by atoms with van der Waals surface area (Å²) < 4.78 is 17.6. The van der Waals surface area contributed by atoms with E-state index < -0.39 is 10.8 Å². The SMILES string of the molecule is COc1cc(OC)cc(C(=O)N/N=C\c2cc(C)n(-c3ccc([N+](=O)[O-])cc3OC)c2C)c1. The summed E-state index contributed by atoms with van der Waals surface area (Å²) in [5.41, 5.74) is 5.88. The van der Waals surface area contributed by atoms with Gasteiger partial charge in [-0.05, 0) is 38.1 Å². The number of nitrogens with one attached hydrogen (secondary N) is 1. The van der Waals surface area contributed by atoms with Crippen LogP contribution in [0.15, 0.2) is 47.6 Å². The van der Waals surface area contributed by atoms with Gasteiger partial charge in [0.2, 0.25) is 0 Å². The van der Waals surface area contributed by atoms with Crippen molar-refractivity contribution in [3.05, 3.63) is 75.1 Å². The number of benzene rings is 2. The minimum atomic E-state index is -0.472. The standard InChI is InChI=1S/C23H24N4O6/c1-14-8-17(13-24-25-23(28)16-9-19(31-3)12-20(10-16)32-4)15(2)26(14)21-7-6-18(27(29)30)11-22(21)33-5/h6-13H,1-5H3,(H,25,28)/b24-13-. The van der Waals surface area contributed by atoms with E-state index in [4.69, 9.17) is 14.2 Å². The molecule has 10 heteroatoms. The van der Waals surface area contributed by atoms with Crippen LogP contribution in [0.5, 0.6) is 17.2 Å². The summed E-state index contributed by atoms with van der Waals surface area (Å²) >= 11 is 0. The van der Waals surface area contributed by atoms with Crippen molar-refractivity contribution in [3.8, 4) is 22.9 Å². The molecule has 1 heterocycles. The molecule has 0 aliphatic rings. The third-order valence-electron chi connectivity index (χ3n) is 5.07. The van der Waals surface area contributed by atoms with Gasteiger partial charge in [-0.15, -0.1) is 0 Å².